The van der Waals surface area contributed by atoms with Crippen LogP contribution in [0.25, 0.3) is 0 Å². The molecule has 0 bridgehead atoms. The number of hydrogen-bond acceptors (Lipinski definition) is 4. The summed E-state index contributed by atoms with van der Waals surface area (Å²) in [6.45, 7) is 5.75. The van der Waals surface area contributed by atoms with Gasteiger partial charge in [-0.3, -0.25) is 9.59 Å². The molecule has 0 aliphatic carbocycles. The fraction of sp³-hybridized carbons (Fsp3) is 0.417. The van der Waals surface area contributed by atoms with E-state index < -0.39 is 0 Å². The summed E-state index contributed by atoms with van der Waals surface area (Å²) in [7, 11) is 0. The van der Waals surface area contributed by atoms with Gasteiger partial charge in [0.1, 0.15) is 11.5 Å². The Morgan fingerprint density at radius 2 is 1.67 bits per heavy atom. The molecule has 6 heteroatoms. The van der Waals surface area contributed by atoms with Gasteiger partial charge in [-0.15, -0.1) is 0 Å². The molecule has 3 rings (SSSR count). The van der Waals surface area contributed by atoms with E-state index in [9.17, 15) is 9.59 Å². The summed E-state index contributed by atoms with van der Waals surface area (Å²) in [5, 5.41) is 2.91. The smallest absolute Gasteiger partial charge is 0.229 e. The molecule has 2 aromatic carbocycles. The molecular weight excluding hydrogens is 380 g/mol. The molecule has 1 fully saturated rings. The number of ether oxygens (including phenoxy) is 2. The second-order valence-corrected chi connectivity index (χ2v) is 7.40. The van der Waals surface area contributed by atoms with Gasteiger partial charge in [0.05, 0.1) is 19.1 Å². The van der Waals surface area contributed by atoms with Gasteiger partial charge in [0.15, 0.2) is 0 Å². The van der Waals surface area contributed by atoms with E-state index in [1.165, 1.54) is 0 Å². The zero-order valence-corrected chi connectivity index (χ0v) is 17.7. The minimum absolute atomic E-state index is 0.0462. The highest BCUT2D eigenvalue weighted by atomic mass is 16.5. The number of carbonyl (C=O) groups is 2. The van der Waals surface area contributed by atoms with Gasteiger partial charge in [-0.1, -0.05) is 19.8 Å². The molecule has 0 aromatic heterocycles. The van der Waals surface area contributed by atoms with Crippen LogP contribution >= 0.6 is 0 Å². The van der Waals surface area contributed by atoms with Crippen molar-refractivity contribution in [1.29, 1.82) is 0 Å². The molecule has 6 nitrogen and oxygen atoms in total. The van der Waals surface area contributed by atoms with E-state index in [4.69, 9.17) is 9.47 Å². The normalized spacial score (nSPS) is 15.9. The predicted molar refractivity (Wildman–Crippen MR) is 118 cm³/mol. The number of rotatable bonds is 10. The van der Waals surface area contributed by atoms with Crippen LogP contribution in [-0.2, 0) is 9.59 Å². The lowest BCUT2D eigenvalue weighted by Gasteiger charge is -2.17. The van der Waals surface area contributed by atoms with E-state index >= 15 is 0 Å². The van der Waals surface area contributed by atoms with Crippen LogP contribution in [-0.4, -0.2) is 31.6 Å². The SMILES string of the molecule is CCCCCOc1ccc(NC(=O)[C@H]2CC(=O)N(c3ccc(OCC)cc3)C2)cc1. The van der Waals surface area contributed by atoms with Gasteiger partial charge in [0.2, 0.25) is 11.8 Å². The van der Waals surface area contributed by atoms with Crippen molar-refractivity contribution in [3.63, 3.8) is 0 Å². The molecule has 0 unspecified atom stereocenters. The number of benzene rings is 2. The monoisotopic (exact) mass is 410 g/mol. The van der Waals surface area contributed by atoms with E-state index in [1.54, 1.807) is 4.90 Å². The van der Waals surface area contributed by atoms with Gasteiger partial charge in [0, 0.05) is 24.3 Å². The fourth-order valence-corrected chi connectivity index (χ4v) is 3.44. The first kappa shape index (κ1) is 21.7. The standard InChI is InChI=1S/C24H30N2O4/c1-3-5-6-15-30-22-11-7-19(8-12-22)25-24(28)18-16-23(27)26(17-18)20-9-13-21(14-10-20)29-4-2/h7-14,18H,3-6,15-17H2,1-2H3,(H,25,28)/t18-/m0/s1. The topological polar surface area (TPSA) is 67.9 Å². The molecule has 30 heavy (non-hydrogen) atoms. The molecule has 160 valence electrons. The second-order valence-electron chi connectivity index (χ2n) is 7.40. The number of unbranched alkanes of at least 4 members (excludes halogenated alkanes) is 2. The molecule has 1 aliphatic heterocycles. The molecule has 2 amide bonds. The summed E-state index contributed by atoms with van der Waals surface area (Å²) in [6.07, 6.45) is 3.56. The zero-order chi connectivity index (χ0) is 21.3. The number of nitrogens with zero attached hydrogens (tertiary/aromatic N) is 1. The van der Waals surface area contributed by atoms with Crippen LogP contribution in [0.4, 0.5) is 11.4 Å². The van der Waals surface area contributed by atoms with Gasteiger partial charge in [-0.25, -0.2) is 0 Å². The number of anilines is 2. The minimum Gasteiger partial charge on any atom is -0.494 e. The van der Waals surface area contributed by atoms with Crippen molar-refractivity contribution in [1.82, 2.24) is 0 Å². The molecule has 1 saturated heterocycles. The quantitative estimate of drug-likeness (QED) is 0.579. The first-order valence-corrected chi connectivity index (χ1v) is 10.7. The molecule has 0 spiro atoms. The summed E-state index contributed by atoms with van der Waals surface area (Å²) >= 11 is 0. The summed E-state index contributed by atoms with van der Waals surface area (Å²) < 4.78 is 11.1. The van der Waals surface area contributed by atoms with Crippen molar-refractivity contribution in [2.75, 3.05) is 30.0 Å². The zero-order valence-electron chi connectivity index (χ0n) is 17.7. The maximum atomic E-state index is 12.7. The fourth-order valence-electron chi connectivity index (χ4n) is 3.44. The van der Waals surface area contributed by atoms with E-state index in [-0.39, 0.29) is 24.2 Å². The Labute approximate surface area is 178 Å². The molecule has 2 aromatic rings. The lowest BCUT2D eigenvalue weighted by atomic mass is 10.1. The van der Waals surface area contributed by atoms with Gasteiger partial charge in [-0.05, 0) is 61.9 Å². The average molecular weight is 411 g/mol. The lowest BCUT2D eigenvalue weighted by molar-refractivity contribution is -0.122. The number of carbonyl (C=O) groups excluding carboxylic acids is 2. The Balaban J connectivity index is 1.53. The molecule has 1 aliphatic rings. The van der Waals surface area contributed by atoms with Crippen LogP contribution in [0.1, 0.15) is 39.5 Å². The maximum absolute atomic E-state index is 12.7. The Kier molecular flexibility index (Phi) is 7.71. The van der Waals surface area contributed by atoms with Crippen LogP contribution in [0.5, 0.6) is 11.5 Å². The van der Waals surface area contributed by atoms with Crippen molar-refractivity contribution in [2.45, 2.75) is 39.5 Å². The van der Waals surface area contributed by atoms with E-state index in [0.717, 1.165) is 36.4 Å². The molecule has 0 saturated carbocycles. The third-order valence-corrected chi connectivity index (χ3v) is 5.09. The third kappa shape index (κ3) is 5.75. The van der Waals surface area contributed by atoms with Crippen molar-refractivity contribution >= 4 is 23.2 Å². The predicted octanol–water partition coefficient (Wildman–Crippen LogP) is 4.65. The van der Waals surface area contributed by atoms with Crippen LogP contribution in [0.2, 0.25) is 0 Å². The van der Waals surface area contributed by atoms with Crippen LogP contribution in [0.15, 0.2) is 48.5 Å². The van der Waals surface area contributed by atoms with Gasteiger partial charge < -0.3 is 19.7 Å². The van der Waals surface area contributed by atoms with Gasteiger partial charge >= 0.3 is 0 Å². The number of amides is 2. The summed E-state index contributed by atoms with van der Waals surface area (Å²) in [4.78, 5) is 26.8. The van der Waals surface area contributed by atoms with E-state index in [0.29, 0.717) is 25.4 Å². The first-order chi connectivity index (χ1) is 14.6. The first-order valence-electron chi connectivity index (χ1n) is 10.7. The molecule has 0 radical (unpaired) electrons. The average Bonchev–Trinajstić information content (AvgIpc) is 3.15. The lowest BCUT2D eigenvalue weighted by Crippen LogP contribution is -2.28. The highest BCUT2D eigenvalue weighted by Gasteiger charge is 2.35. The molecule has 1 N–H and O–H groups in total. The molecule has 1 heterocycles. The van der Waals surface area contributed by atoms with Crippen LogP contribution in [0, 0.1) is 5.92 Å². The van der Waals surface area contributed by atoms with Crippen molar-refractivity contribution in [3.8, 4) is 11.5 Å². The van der Waals surface area contributed by atoms with Gasteiger partial charge in [-0.2, -0.15) is 0 Å². The van der Waals surface area contributed by atoms with E-state index in [2.05, 4.69) is 12.2 Å². The highest BCUT2D eigenvalue weighted by Crippen LogP contribution is 2.28. The van der Waals surface area contributed by atoms with Crippen molar-refractivity contribution < 1.29 is 19.1 Å². The molecule has 1 atom stereocenters. The largest absolute Gasteiger partial charge is 0.494 e. The Morgan fingerprint density at radius 1 is 1.00 bits per heavy atom. The van der Waals surface area contributed by atoms with E-state index in [1.807, 2.05) is 55.5 Å². The minimum atomic E-state index is -0.381. The van der Waals surface area contributed by atoms with Crippen molar-refractivity contribution in [3.05, 3.63) is 48.5 Å². The summed E-state index contributed by atoms with van der Waals surface area (Å²) in [6, 6.07) is 14.7. The van der Waals surface area contributed by atoms with Crippen LogP contribution < -0.4 is 19.7 Å². The van der Waals surface area contributed by atoms with Crippen LogP contribution in [0.3, 0.4) is 0 Å². The highest BCUT2D eigenvalue weighted by molar-refractivity contribution is 6.03. The third-order valence-electron chi connectivity index (χ3n) is 5.09. The number of hydrogen-bond donors (Lipinski definition) is 1. The second kappa shape index (κ2) is 10.7. The maximum Gasteiger partial charge on any atom is 0.229 e. The summed E-state index contributed by atoms with van der Waals surface area (Å²) in [5.41, 5.74) is 1.48. The summed E-state index contributed by atoms with van der Waals surface area (Å²) in [5.74, 6) is 0.986. The van der Waals surface area contributed by atoms with Gasteiger partial charge in [0.25, 0.3) is 0 Å². The molecular formula is C24H30N2O4. The Morgan fingerprint density at radius 3 is 2.33 bits per heavy atom. The Hall–Kier alpha value is -3.02. The van der Waals surface area contributed by atoms with Crippen molar-refractivity contribution in [2.24, 2.45) is 5.92 Å². The Bertz CT molecular complexity index is 833. The number of nitrogens with one attached hydrogen (secondary N) is 1.